The van der Waals surface area contributed by atoms with Gasteiger partial charge in [0.15, 0.2) is 11.6 Å². The van der Waals surface area contributed by atoms with Crippen molar-refractivity contribution >= 4 is 23.3 Å². The molecular formula is C16H25N5O2. The molecule has 1 aliphatic carbocycles. The van der Waals surface area contributed by atoms with E-state index in [1.165, 1.54) is 32.8 Å². The molecule has 126 valence electrons. The largest absolute Gasteiger partial charge is 0.469 e. The molecule has 0 radical (unpaired) electrons. The van der Waals surface area contributed by atoms with Crippen molar-refractivity contribution in [2.75, 3.05) is 36.1 Å². The molecule has 1 saturated carbocycles. The summed E-state index contributed by atoms with van der Waals surface area (Å²) in [6, 6.07) is 0.463. The first-order chi connectivity index (χ1) is 11.2. The van der Waals surface area contributed by atoms with Crippen LogP contribution >= 0.6 is 0 Å². The van der Waals surface area contributed by atoms with E-state index in [0.717, 1.165) is 37.6 Å². The molecule has 0 aromatic carbocycles. The Labute approximate surface area is 136 Å². The number of hydrogen-bond acceptors (Lipinski definition) is 7. The summed E-state index contributed by atoms with van der Waals surface area (Å²) in [6.07, 6.45) is 7.96. The third-order valence-corrected chi connectivity index (χ3v) is 4.89. The average molecular weight is 319 g/mol. The van der Waals surface area contributed by atoms with Crippen molar-refractivity contribution in [1.82, 2.24) is 9.97 Å². The number of esters is 1. The Bertz CT molecular complexity index is 551. The number of methoxy groups -OCH3 is 1. The maximum Gasteiger partial charge on any atom is 0.308 e. The number of nitrogens with two attached hydrogens (primary N) is 1. The Kier molecular flexibility index (Phi) is 4.83. The molecule has 0 bridgehead atoms. The van der Waals surface area contributed by atoms with Crippen LogP contribution in [-0.2, 0) is 9.53 Å². The predicted molar refractivity (Wildman–Crippen MR) is 89.3 cm³/mol. The van der Waals surface area contributed by atoms with Gasteiger partial charge in [-0.25, -0.2) is 9.97 Å². The van der Waals surface area contributed by atoms with Crippen molar-refractivity contribution in [3.05, 3.63) is 6.33 Å². The normalized spacial score (nSPS) is 19.8. The third-order valence-electron chi connectivity index (χ3n) is 4.89. The molecule has 0 unspecified atom stereocenters. The van der Waals surface area contributed by atoms with Crippen molar-refractivity contribution < 1.29 is 9.53 Å². The summed E-state index contributed by atoms with van der Waals surface area (Å²) < 4.78 is 4.83. The lowest BCUT2D eigenvalue weighted by Gasteiger charge is -2.32. The maximum absolute atomic E-state index is 11.6. The number of carbonyl (C=O) groups is 1. The molecule has 0 amide bonds. The molecule has 7 nitrogen and oxygen atoms in total. The highest BCUT2D eigenvalue weighted by molar-refractivity contribution is 5.76. The quantitative estimate of drug-likeness (QED) is 0.817. The third kappa shape index (κ3) is 3.48. The highest BCUT2D eigenvalue weighted by Crippen LogP contribution is 2.31. The molecule has 0 atom stereocenters. The molecule has 23 heavy (non-hydrogen) atoms. The van der Waals surface area contributed by atoms with E-state index in [4.69, 9.17) is 10.5 Å². The zero-order valence-electron chi connectivity index (χ0n) is 13.6. The second-order valence-corrected chi connectivity index (χ2v) is 6.37. The molecule has 1 aliphatic heterocycles. The van der Waals surface area contributed by atoms with Gasteiger partial charge in [0.05, 0.1) is 13.0 Å². The van der Waals surface area contributed by atoms with Crippen LogP contribution in [0.3, 0.4) is 0 Å². The number of nitrogen functional groups attached to an aromatic ring is 1. The first kappa shape index (κ1) is 15.8. The number of aromatic nitrogens is 2. The maximum atomic E-state index is 11.6. The number of ether oxygens (including phenoxy) is 1. The Morgan fingerprint density at radius 3 is 2.61 bits per heavy atom. The summed E-state index contributed by atoms with van der Waals surface area (Å²) in [7, 11) is 1.44. The van der Waals surface area contributed by atoms with Gasteiger partial charge in [0.25, 0.3) is 0 Å². The highest BCUT2D eigenvalue weighted by atomic mass is 16.5. The summed E-state index contributed by atoms with van der Waals surface area (Å²) in [6.45, 7) is 1.51. The van der Waals surface area contributed by atoms with Crippen LogP contribution in [0.2, 0.25) is 0 Å². The van der Waals surface area contributed by atoms with Crippen LogP contribution in [0.5, 0.6) is 0 Å². The molecule has 2 fully saturated rings. The minimum atomic E-state index is -0.121. The Hall–Kier alpha value is -2.05. The second kappa shape index (κ2) is 7.02. The SMILES string of the molecule is COC(=O)C1CCN(c2ncnc(NC3CCCC3)c2N)CC1. The van der Waals surface area contributed by atoms with Crippen molar-refractivity contribution in [2.24, 2.45) is 5.92 Å². The highest BCUT2D eigenvalue weighted by Gasteiger charge is 2.28. The van der Waals surface area contributed by atoms with Gasteiger partial charge in [0.1, 0.15) is 12.0 Å². The van der Waals surface area contributed by atoms with Gasteiger partial charge in [-0.3, -0.25) is 4.79 Å². The van der Waals surface area contributed by atoms with E-state index in [-0.39, 0.29) is 11.9 Å². The average Bonchev–Trinajstić information content (AvgIpc) is 3.09. The van der Waals surface area contributed by atoms with Crippen LogP contribution in [-0.4, -0.2) is 42.2 Å². The van der Waals surface area contributed by atoms with Gasteiger partial charge < -0.3 is 20.7 Å². The van der Waals surface area contributed by atoms with Crippen LogP contribution in [0.15, 0.2) is 6.33 Å². The lowest BCUT2D eigenvalue weighted by atomic mass is 9.97. The van der Waals surface area contributed by atoms with Crippen molar-refractivity contribution in [3.63, 3.8) is 0 Å². The van der Waals surface area contributed by atoms with Gasteiger partial charge in [-0.15, -0.1) is 0 Å². The van der Waals surface area contributed by atoms with Crippen LogP contribution in [0.4, 0.5) is 17.3 Å². The van der Waals surface area contributed by atoms with Gasteiger partial charge in [-0.1, -0.05) is 12.8 Å². The number of nitrogens with zero attached hydrogens (tertiary/aromatic N) is 3. The van der Waals surface area contributed by atoms with Gasteiger partial charge in [-0.05, 0) is 25.7 Å². The van der Waals surface area contributed by atoms with E-state index in [1.807, 2.05) is 0 Å². The number of anilines is 3. The lowest BCUT2D eigenvalue weighted by Crippen LogP contribution is -2.37. The number of carbonyl (C=O) groups excluding carboxylic acids is 1. The topological polar surface area (TPSA) is 93.4 Å². The lowest BCUT2D eigenvalue weighted by molar-refractivity contribution is -0.146. The molecule has 2 heterocycles. The van der Waals surface area contributed by atoms with Crippen molar-refractivity contribution in [3.8, 4) is 0 Å². The van der Waals surface area contributed by atoms with E-state index in [9.17, 15) is 4.79 Å². The van der Waals surface area contributed by atoms with Crippen molar-refractivity contribution in [2.45, 2.75) is 44.6 Å². The van der Waals surface area contributed by atoms with Crippen LogP contribution in [0.1, 0.15) is 38.5 Å². The monoisotopic (exact) mass is 319 g/mol. The van der Waals surface area contributed by atoms with Gasteiger partial charge >= 0.3 is 5.97 Å². The van der Waals surface area contributed by atoms with Gasteiger partial charge in [0, 0.05) is 19.1 Å². The minimum Gasteiger partial charge on any atom is -0.469 e. The summed E-state index contributed by atoms with van der Waals surface area (Å²) in [5, 5.41) is 3.45. The summed E-state index contributed by atoms with van der Waals surface area (Å²) in [4.78, 5) is 22.4. The summed E-state index contributed by atoms with van der Waals surface area (Å²) in [5.41, 5.74) is 6.90. The van der Waals surface area contributed by atoms with Crippen LogP contribution < -0.4 is 16.0 Å². The summed E-state index contributed by atoms with van der Waals surface area (Å²) >= 11 is 0. The first-order valence-electron chi connectivity index (χ1n) is 8.39. The van der Waals surface area contributed by atoms with E-state index in [0.29, 0.717) is 11.7 Å². The molecule has 1 aromatic rings. The number of piperidine rings is 1. The zero-order chi connectivity index (χ0) is 16.2. The first-order valence-corrected chi connectivity index (χ1v) is 8.39. The minimum absolute atomic E-state index is 0.0182. The fourth-order valence-corrected chi connectivity index (χ4v) is 3.51. The number of rotatable bonds is 4. The van der Waals surface area contributed by atoms with E-state index >= 15 is 0 Å². The molecule has 7 heteroatoms. The Morgan fingerprint density at radius 1 is 1.26 bits per heavy atom. The number of hydrogen-bond donors (Lipinski definition) is 2. The van der Waals surface area contributed by atoms with E-state index < -0.39 is 0 Å². The van der Waals surface area contributed by atoms with Gasteiger partial charge in [-0.2, -0.15) is 0 Å². The van der Waals surface area contributed by atoms with Crippen LogP contribution in [0, 0.1) is 5.92 Å². The molecule has 2 aliphatic rings. The molecule has 3 rings (SSSR count). The molecular weight excluding hydrogens is 294 g/mol. The smallest absolute Gasteiger partial charge is 0.308 e. The molecule has 1 aromatic heterocycles. The van der Waals surface area contributed by atoms with E-state index in [2.05, 4.69) is 20.2 Å². The van der Waals surface area contributed by atoms with E-state index in [1.54, 1.807) is 6.33 Å². The Balaban J connectivity index is 1.67. The Morgan fingerprint density at radius 2 is 1.96 bits per heavy atom. The zero-order valence-corrected chi connectivity index (χ0v) is 13.6. The summed E-state index contributed by atoms with van der Waals surface area (Å²) in [5.74, 6) is 1.36. The van der Waals surface area contributed by atoms with Crippen molar-refractivity contribution in [1.29, 1.82) is 0 Å². The fraction of sp³-hybridized carbons (Fsp3) is 0.688. The fourth-order valence-electron chi connectivity index (χ4n) is 3.51. The number of nitrogens with one attached hydrogen (secondary N) is 1. The molecule has 1 saturated heterocycles. The predicted octanol–water partition coefficient (Wildman–Crippen LogP) is 1.80. The standard InChI is InChI=1S/C16H25N5O2/c1-23-16(22)11-6-8-21(9-7-11)15-13(17)14(18-10-19-15)20-12-4-2-3-5-12/h10-12H,2-9,17H2,1H3,(H,18,19,20). The van der Waals surface area contributed by atoms with Gasteiger partial charge in [0.2, 0.25) is 0 Å². The van der Waals surface area contributed by atoms with Crippen LogP contribution in [0.25, 0.3) is 0 Å². The second-order valence-electron chi connectivity index (χ2n) is 6.37. The molecule has 0 spiro atoms. The molecule has 3 N–H and O–H groups in total.